The van der Waals surface area contributed by atoms with Crippen molar-refractivity contribution in [2.75, 3.05) is 33.4 Å². The SMILES string of the molecule is CC[C@H](C)[C@@H]1NC2(CCN(S(=O)(=O)c3ccc(Cl)c(Cl)c3)CC2)N(CCOC)C1=O. The molecule has 2 aliphatic heterocycles. The monoisotopic (exact) mass is 477 g/mol. The lowest BCUT2D eigenvalue weighted by Crippen LogP contribution is -2.60. The van der Waals surface area contributed by atoms with Crippen LogP contribution in [-0.2, 0) is 19.6 Å². The lowest BCUT2D eigenvalue weighted by molar-refractivity contribution is -0.134. The van der Waals surface area contributed by atoms with Gasteiger partial charge in [0.15, 0.2) is 0 Å². The number of benzene rings is 1. The predicted octanol–water partition coefficient (Wildman–Crippen LogP) is 2.97. The van der Waals surface area contributed by atoms with Gasteiger partial charge in [0.1, 0.15) is 0 Å². The number of hydrogen-bond acceptors (Lipinski definition) is 5. The van der Waals surface area contributed by atoms with E-state index in [2.05, 4.69) is 19.2 Å². The highest BCUT2D eigenvalue weighted by Crippen LogP contribution is 2.36. The molecule has 1 N–H and O–H groups in total. The average molecular weight is 478 g/mol. The van der Waals surface area contributed by atoms with Crippen molar-refractivity contribution < 1.29 is 17.9 Å². The number of amides is 1. The van der Waals surface area contributed by atoms with E-state index in [1.165, 1.54) is 22.5 Å². The highest BCUT2D eigenvalue weighted by atomic mass is 35.5. The van der Waals surface area contributed by atoms with Gasteiger partial charge in [-0.1, -0.05) is 43.5 Å². The Balaban J connectivity index is 1.80. The second-order valence-electron chi connectivity index (χ2n) is 8.00. The molecule has 3 rings (SSSR count). The summed E-state index contributed by atoms with van der Waals surface area (Å²) in [4.78, 5) is 15.1. The number of piperidine rings is 1. The standard InChI is InChI=1S/C20H29Cl2N3O4S/c1-4-14(2)18-19(26)25(11-12-29-3)20(23-18)7-9-24(10-8-20)30(27,28)15-5-6-16(21)17(22)13-15/h5-6,13-14,18,23H,4,7-12H2,1-3H3/t14-,18-/m0/s1. The molecule has 1 spiro atoms. The van der Waals surface area contributed by atoms with Crippen LogP contribution in [0.15, 0.2) is 23.1 Å². The number of hydrogen-bond donors (Lipinski definition) is 1. The Hall–Kier alpha value is -0.900. The maximum Gasteiger partial charge on any atom is 0.243 e. The molecule has 0 aromatic heterocycles. The Morgan fingerprint density at radius 1 is 1.27 bits per heavy atom. The normalized spacial score (nSPS) is 23.3. The van der Waals surface area contributed by atoms with E-state index in [-0.39, 0.29) is 27.8 Å². The van der Waals surface area contributed by atoms with Crippen molar-refractivity contribution in [2.45, 2.75) is 49.7 Å². The van der Waals surface area contributed by atoms with Gasteiger partial charge in [0.25, 0.3) is 0 Å². The predicted molar refractivity (Wildman–Crippen MR) is 117 cm³/mol. The molecule has 0 bridgehead atoms. The van der Waals surface area contributed by atoms with Gasteiger partial charge in [-0.3, -0.25) is 10.1 Å². The van der Waals surface area contributed by atoms with Crippen molar-refractivity contribution in [1.29, 1.82) is 0 Å². The molecule has 30 heavy (non-hydrogen) atoms. The number of nitrogens with one attached hydrogen (secondary N) is 1. The van der Waals surface area contributed by atoms with Crippen LogP contribution in [0.1, 0.15) is 33.1 Å². The second-order valence-corrected chi connectivity index (χ2v) is 10.8. The minimum absolute atomic E-state index is 0.0715. The van der Waals surface area contributed by atoms with Gasteiger partial charge < -0.3 is 9.64 Å². The number of nitrogens with zero attached hydrogens (tertiary/aromatic N) is 2. The third-order valence-corrected chi connectivity index (χ3v) is 8.92. The topological polar surface area (TPSA) is 79.0 Å². The van der Waals surface area contributed by atoms with Crippen molar-refractivity contribution >= 4 is 39.1 Å². The van der Waals surface area contributed by atoms with Crippen LogP contribution in [0.4, 0.5) is 0 Å². The van der Waals surface area contributed by atoms with Gasteiger partial charge in [-0.25, -0.2) is 8.42 Å². The first kappa shape index (κ1) is 23.8. The van der Waals surface area contributed by atoms with Crippen LogP contribution in [0.25, 0.3) is 0 Å². The smallest absolute Gasteiger partial charge is 0.243 e. The van der Waals surface area contributed by atoms with Gasteiger partial charge in [0.05, 0.1) is 33.3 Å². The van der Waals surface area contributed by atoms with Crippen LogP contribution in [-0.4, -0.2) is 68.6 Å². The Kier molecular flexibility index (Phi) is 7.37. The maximum atomic E-state index is 13.1. The summed E-state index contributed by atoms with van der Waals surface area (Å²) in [5.41, 5.74) is -0.548. The third-order valence-electron chi connectivity index (χ3n) is 6.28. The summed E-state index contributed by atoms with van der Waals surface area (Å²) in [6.45, 7) is 5.66. The van der Waals surface area contributed by atoms with Crippen molar-refractivity contribution in [3.8, 4) is 0 Å². The zero-order valence-corrected chi connectivity index (χ0v) is 19.9. The van der Waals surface area contributed by atoms with Crippen molar-refractivity contribution in [1.82, 2.24) is 14.5 Å². The molecule has 2 heterocycles. The van der Waals surface area contributed by atoms with Crippen LogP contribution in [0.2, 0.25) is 10.0 Å². The van der Waals surface area contributed by atoms with Gasteiger partial charge >= 0.3 is 0 Å². The van der Waals surface area contributed by atoms with E-state index >= 15 is 0 Å². The lowest BCUT2D eigenvalue weighted by atomic mass is 9.96. The van der Waals surface area contributed by atoms with Crippen molar-refractivity contribution in [3.63, 3.8) is 0 Å². The first-order valence-corrected chi connectivity index (χ1v) is 12.4. The molecule has 0 saturated carbocycles. The Bertz CT molecular complexity index is 888. The number of halogens is 2. The largest absolute Gasteiger partial charge is 0.383 e. The Labute approximate surface area is 188 Å². The summed E-state index contributed by atoms with van der Waals surface area (Å²) in [7, 11) is -2.09. The van der Waals surface area contributed by atoms with Crippen LogP contribution in [0.3, 0.4) is 0 Å². The minimum Gasteiger partial charge on any atom is -0.383 e. The van der Waals surface area contributed by atoms with E-state index in [0.717, 1.165) is 6.42 Å². The zero-order chi connectivity index (χ0) is 22.1. The summed E-state index contributed by atoms with van der Waals surface area (Å²) < 4.78 is 32.9. The number of carbonyl (C=O) groups is 1. The van der Waals surface area contributed by atoms with E-state index in [1.807, 2.05) is 4.90 Å². The van der Waals surface area contributed by atoms with E-state index in [1.54, 1.807) is 7.11 Å². The summed E-state index contributed by atoms with van der Waals surface area (Å²) in [5, 5.41) is 4.07. The van der Waals surface area contributed by atoms with Gasteiger partial charge in [-0.15, -0.1) is 0 Å². The molecule has 2 aliphatic rings. The van der Waals surface area contributed by atoms with E-state index < -0.39 is 15.7 Å². The van der Waals surface area contributed by atoms with Gasteiger partial charge in [-0.2, -0.15) is 4.31 Å². The molecular weight excluding hydrogens is 449 g/mol. The molecule has 2 atom stereocenters. The molecule has 1 aromatic rings. The van der Waals surface area contributed by atoms with E-state index in [0.29, 0.717) is 44.1 Å². The summed E-state index contributed by atoms with van der Waals surface area (Å²) in [6.07, 6.45) is 1.90. The number of methoxy groups -OCH3 is 1. The summed E-state index contributed by atoms with van der Waals surface area (Å²) in [5.74, 6) is 0.266. The third kappa shape index (κ3) is 4.36. The molecule has 10 heteroatoms. The molecule has 2 saturated heterocycles. The molecule has 1 aromatic carbocycles. The van der Waals surface area contributed by atoms with Crippen LogP contribution < -0.4 is 5.32 Å². The van der Waals surface area contributed by atoms with Crippen LogP contribution >= 0.6 is 23.2 Å². The van der Waals surface area contributed by atoms with Gasteiger partial charge in [0, 0.05) is 26.7 Å². The van der Waals surface area contributed by atoms with Crippen molar-refractivity contribution in [2.24, 2.45) is 5.92 Å². The molecule has 7 nitrogen and oxygen atoms in total. The van der Waals surface area contributed by atoms with Crippen LogP contribution in [0.5, 0.6) is 0 Å². The number of carbonyl (C=O) groups excluding carboxylic acids is 1. The minimum atomic E-state index is -3.70. The average Bonchev–Trinajstić information content (AvgIpc) is 2.99. The zero-order valence-electron chi connectivity index (χ0n) is 17.5. The molecule has 0 unspecified atom stereocenters. The molecular formula is C20H29Cl2N3O4S. The summed E-state index contributed by atoms with van der Waals surface area (Å²) >= 11 is 11.9. The Morgan fingerprint density at radius 3 is 2.50 bits per heavy atom. The first-order chi connectivity index (χ1) is 14.2. The van der Waals surface area contributed by atoms with Gasteiger partial charge in [0.2, 0.25) is 15.9 Å². The Morgan fingerprint density at radius 2 is 1.93 bits per heavy atom. The quantitative estimate of drug-likeness (QED) is 0.652. The maximum absolute atomic E-state index is 13.1. The first-order valence-electron chi connectivity index (χ1n) is 10.2. The lowest BCUT2D eigenvalue weighted by Gasteiger charge is -2.44. The fourth-order valence-corrected chi connectivity index (χ4v) is 6.06. The summed E-state index contributed by atoms with van der Waals surface area (Å²) in [6, 6.07) is 4.08. The fraction of sp³-hybridized carbons (Fsp3) is 0.650. The van der Waals surface area contributed by atoms with E-state index in [9.17, 15) is 13.2 Å². The molecule has 1 amide bonds. The van der Waals surface area contributed by atoms with Crippen LogP contribution in [0, 0.1) is 5.92 Å². The highest BCUT2D eigenvalue weighted by molar-refractivity contribution is 7.89. The molecule has 2 fully saturated rings. The van der Waals surface area contributed by atoms with E-state index in [4.69, 9.17) is 27.9 Å². The van der Waals surface area contributed by atoms with Gasteiger partial charge in [-0.05, 0) is 37.0 Å². The molecule has 168 valence electrons. The fourth-order valence-electron chi connectivity index (χ4n) is 4.23. The number of rotatable bonds is 7. The molecule has 0 radical (unpaired) electrons. The number of sulfonamides is 1. The number of ether oxygens (including phenoxy) is 1. The molecule has 0 aliphatic carbocycles. The second kappa shape index (κ2) is 9.30. The highest BCUT2D eigenvalue weighted by Gasteiger charge is 2.53. The van der Waals surface area contributed by atoms with Crippen molar-refractivity contribution in [3.05, 3.63) is 28.2 Å².